The smallest absolute Gasteiger partial charge is 0.387 e. The lowest BCUT2D eigenvalue weighted by Gasteiger charge is -2.23. The predicted octanol–water partition coefficient (Wildman–Crippen LogP) is 8.04. The minimum Gasteiger partial charge on any atom is -0.387 e. The number of phosphoric ester groups is 1. The first-order valence-electron chi connectivity index (χ1n) is 16.6. The lowest BCUT2D eigenvalue weighted by atomic mass is 10.1. The summed E-state index contributed by atoms with van der Waals surface area (Å²) in [5.41, 5.74) is 5.33. The third-order valence-electron chi connectivity index (χ3n) is 6.95. The third-order valence-corrected chi connectivity index (χ3v) is 7.93. The van der Waals surface area contributed by atoms with Gasteiger partial charge in [-0.1, -0.05) is 121 Å². The molecule has 3 unspecified atom stereocenters. The van der Waals surface area contributed by atoms with Gasteiger partial charge < -0.3 is 21.1 Å². The molecule has 0 aromatic carbocycles. The number of carbonyl (C=O) groups is 1. The van der Waals surface area contributed by atoms with Crippen molar-refractivity contribution < 1.29 is 28.4 Å². The first kappa shape index (κ1) is 40.7. The topological polar surface area (TPSA) is 131 Å². The average molecular weight is 615 g/mol. The van der Waals surface area contributed by atoms with Crippen molar-refractivity contribution in [2.75, 3.05) is 19.8 Å². The van der Waals surface area contributed by atoms with Gasteiger partial charge in [-0.05, 0) is 44.9 Å². The fraction of sp³-hybridized carbons (Fsp3) is 0.788. The molecule has 0 aromatic rings. The van der Waals surface area contributed by atoms with Crippen molar-refractivity contribution in [1.29, 1.82) is 0 Å². The first-order chi connectivity index (χ1) is 20.4. The number of allylic oxidation sites excluding steroid dienone is 5. The molecule has 9 heteroatoms. The highest BCUT2D eigenvalue weighted by Crippen LogP contribution is 2.43. The van der Waals surface area contributed by atoms with Crippen molar-refractivity contribution in [3.63, 3.8) is 0 Å². The number of amides is 1. The SMILES string of the molecule is CCCCC/C=C/CC/C=C/CC/C=C/C(O)C(COP(=O)(O)OCCN)NC(=O)CCCCCCCCCCCC. The molecule has 0 aliphatic heterocycles. The van der Waals surface area contributed by atoms with Crippen LogP contribution < -0.4 is 11.1 Å². The number of phosphoric acid groups is 1. The van der Waals surface area contributed by atoms with E-state index in [0.717, 1.165) is 51.4 Å². The molecule has 0 aliphatic carbocycles. The summed E-state index contributed by atoms with van der Waals surface area (Å²) in [5, 5.41) is 13.5. The van der Waals surface area contributed by atoms with Crippen molar-refractivity contribution >= 4 is 13.7 Å². The summed E-state index contributed by atoms with van der Waals surface area (Å²) in [4.78, 5) is 22.4. The van der Waals surface area contributed by atoms with E-state index in [-0.39, 0.29) is 25.7 Å². The van der Waals surface area contributed by atoms with Crippen LogP contribution in [-0.4, -0.2) is 47.8 Å². The number of rotatable bonds is 30. The molecule has 0 aliphatic rings. The molecule has 246 valence electrons. The number of unbranched alkanes of at least 4 members (excludes halogenated alkanes) is 14. The first-order valence-corrected chi connectivity index (χ1v) is 18.1. The number of nitrogens with one attached hydrogen (secondary N) is 1. The zero-order chi connectivity index (χ0) is 31.2. The maximum atomic E-state index is 12.6. The van der Waals surface area contributed by atoms with Gasteiger partial charge in [0.05, 0.1) is 25.4 Å². The van der Waals surface area contributed by atoms with E-state index >= 15 is 0 Å². The second kappa shape index (κ2) is 29.8. The minimum atomic E-state index is -4.33. The van der Waals surface area contributed by atoms with Gasteiger partial charge in [-0.25, -0.2) is 4.57 Å². The zero-order valence-corrected chi connectivity index (χ0v) is 27.6. The Hall–Kier alpha value is -1.28. The van der Waals surface area contributed by atoms with Crippen LogP contribution in [0.4, 0.5) is 0 Å². The predicted molar refractivity (Wildman–Crippen MR) is 175 cm³/mol. The van der Waals surface area contributed by atoms with Gasteiger partial charge in [0, 0.05) is 13.0 Å². The van der Waals surface area contributed by atoms with Crippen LogP contribution in [0.3, 0.4) is 0 Å². The molecule has 8 nitrogen and oxygen atoms in total. The fourth-order valence-corrected chi connectivity index (χ4v) is 5.16. The molecule has 5 N–H and O–H groups in total. The highest BCUT2D eigenvalue weighted by Gasteiger charge is 2.26. The van der Waals surface area contributed by atoms with Crippen molar-refractivity contribution in [1.82, 2.24) is 5.32 Å². The molecule has 0 saturated heterocycles. The van der Waals surface area contributed by atoms with Crippen molar-refractivity contribution in [3.05, 3.63) is 36.5 Å². The van der Waals surface area contributed by atoms with Crippen LogP contribution in [-0.2, 0) is 18.4 Å². The lowest BCUT2D eigenvalue weighted by Crippen LogP contribution is -2.45. The molecule has 3 atom stereocenters. The Kier molecular flexibility index (Phi) is 28.9. The number of hydrogen-bond acceptors (Lipinski definition) is 6. The number of hydrogen-bond donors (Lipinski definition) is 4. The molecule has 0 heterocycles. The van der Waals surface area contributed by atoms with E-state index in [2.05, 4.69) is 43.5 Å². The highest BCUT2D eigenvalue weighted by atomic mass is 31.2. The van der Waals surface area contributed by atoms with Crippen LogP contribution in [0.2, 0.25) is 0 Å². The maximum Gasteiger partial charge on any atom is 0.472 e. The van der Waals surface area contributed by atoms with E-state index in [0.29, 0.717) is 6.42 Å². The van der Waals surface area contributed by atoms with E-state index in [1.54, 1.807) is 6.08 Å². The standard InChI is InChI=1S/C33H63N2O6P/c1-3-5-7-9-11-13-15-16-17-18-20-22-24-26-32(36)31(30-41-42(38,39)40-29-28-34)35-33(37)27-25-23-21-19-14-12-10-8-6-4-2/h11,13,17-18,24,26,31-32,36H,3-10,12,14-16,19-23,25,27-30,34H2,1-2H3,(H,35,37)(H,38,39)/b13-11+,18-17+,26-24+. The summed E-state index contributed by atoms with van der Waals surface area (Å²) < 4.78 is 21.9. The van der Waals surface area contributed by atoms with Gasteiger partial charge in [0.25, 0.3) is 0 Å². The van der Waals surface area contributed by atoms with Crippen LogP contribution in [0.15, 0.2) is 36.5 Å². The molecule has 0 bridgehead atoms. The van der Waals surface area contributed by atoms with Gasteiger partial charge in [0.15, 0.2) is 0 Å². The van der Waals surface area contributed by atoms with Crippen LogP contribution in [0.25, 0.3) is 0 Å². The van der Waals surface area contributed by atoms with E-state index in [9.17, 15) is 19.4 Å². The molecule has 1 amide bonds. The molecule has 42 heavy (non-hydrogen) atoms. The van der Waals surface area contributed by atoms with E-state index in [4.69, 9.17) is 14.8 Å². The lowest BCUT2D eigenvalue weighted by molar-refractivity contribution is -0.123. The van der Waals surface area contributed by atoms with E-state index < -0.39 is 20.0 Å². The Labute approximate surface area is 257 Å². The Bertz CT molecular complexity index is 759. The molecule has 0 aromatic heterocycles. The van der Waals surface area contributed by atoms with Crippen molar-refractivity contribution in [3.8, 4) is 0 Å². The van der Waals surface area contributed by atoms with Crippen molar-refractivity contribution in [2.45, 2.75) is 148 Å². The maximum absolute atomic E-state index is 12.6. The quantitative estimate of drug-likeness (QED) is 0.0366. The monoisotopic (exact) mass is 614 g/mol. The number of aliphatic hydroxyl groups is 1. The average Bonchev–Trinajstić information content (AvgIpc) is 2.97. The largest absolute Gasteiger partial charge is 0.472 e. The second-order valence-electron chi connectivity index (χ2n) is 11.0. The van der Waals surface area contributed by atoms with Gasteiger partial charge in [0.1, 0.15) is 0 Å². The number of nitrogens with two attached hydrogens (primary N) is 1. The van der Waals surface area contributed by atoms with Gasteiger partial charge in [-0.15, -0.1) is 0 Å². The summed E-state index contributed by atoms with van der Waals surface area (Å²) in [5.74, 6) is -0.214. The number of aliphatic hydroxyl groups excluding tert-OH is 1. The molecule has 0 rings (SSSR count). The highest BCUT2D eigenvalue weighted by molar-refractivity contribution is 7.47. The summed E-state index contributed by atoms with van der Waals surface area (Å²) in [6.07, 6.45) is 31.9. The molecular weight excluding hydrogens is 551 g/mol. The molecular formula is C33H63N2O6P. The van der Waals surface area contributed by atoms with E-state index in [1.807, 2.05) is 6.08 Å². The Morgan fingerprint density at radius 1 is 0.762 bits per heavy atom. The Balaban J connectivity index is 4.51. The fourth-order valence-electron chi connectivity index (χ4n) is 4.40. The van der Waals surface area contributed by atoms with Gasteiger partial charge in [-0.3, -0.25) is 13.8 Å². The van der Waals surface area contributed by atoms with Crippen molar-refractivity contribution in [2.24, 2.45) is 5.73 Å². The summed E-state index contributed by atoms with van der Waals surface area (Å²) >= 11 is 0. The van der Waals surface area contributed by atoms with Crippen LogP contribution in [0.1, 0.15) is 136 Å². The van der Waals surface area contributed by atoms with Crippen LogP contribution >= 0.6 is 7.82 Å². The molecule has 0 fully saturated rings. The minimum absolute atomic E-state index is 0.0719. The Morgan fingerprint density at radius 2 is 1.26 bits per heavy atom. The summed E-state index contributed by atoms with van der Waals surface area (Å²) in [6, 6.07) is -0.876. The van der Waals surface area contributed by atoms with E-state index in [1.165, 1.54) is 64.2 Å². The van der Waals surface area contributed by atoms with Crippen LogP contribution in [0.5, 0.6) is 0 Å². The summed E-state index contributed by atoms with van der Waals surface area (Å²) in [7, 11) is -4.33. The van der Waals surface area contributed by atoms with Gasteiger partial charge in [0.2, 0.25) is 5.91 Å². The summed E-state index contributed by atoms with van der Waals surface area (Å²) in [6.45, 7) is 4.02. The second-order valence-corrected chi connectivity index (χ2v) is 12.5. The van der Waals surface area contributed by atoms with Crippen LogP contribution in [0, 0.1) is 0 Å². The van der Waals surface area contributed by atoms with Gasteiger partial charge in [-0.2, -0.15) is 0 Å². The van der Waals surface area contributed by atoms with Gasteiger partial charge >= 0.3 is 7.82 Å². The molecule has 0 radical (unpaired) electrons. The normalized spacial score (nSPS) is 15.1. The Morgan fingerprint density at radius 3 is 1.83 bits per heavy atom. The third kappa shape index (κ3) is 27.5. The molecule has 0 spiro atoms. The molecule has 0 saturated carbocycles. The zero-order valence-electron chi connectivity index (χ0n) is 26.7. The number of carbonyl (C=O) groups excluding carboxylic acids is 1.